The summed E-state index contributed by atoms with van der Waals surface area (Å²) < 4.78 is 21.8. The number of anilines is 1. The first-order chi connectivity index (χ1) is 14.9. The van der Waals surface area contributed by atoms with Crippen LogP contribution in [0.1, 0.15) is 25.3 Å². The van der Waals surface area contributed by atoms with Gasteiger partial charge in [0.15, 0.2) is 11.5 Å². The Morgan fingerprint density at radius 3 is 2.68 bits per heavy atom. The zero-order valence-electron chi connectivity index (χ0n) is 18.3. The van der Waals surface area contributed by atoms with E-state index in [2.05, 4.69) is 10.2 Å². The maximum Gasteiger partial charge on any atom is 0.337 e. The van der Waals surface area contributed by atoms with Gasteiger partial charge < -0.3 is 24.3 Å². The van der Waals surface area contributed by atoms with Gasteiger partial charge in [0.25, 0.3) is 0 Å². The molecule has 0 saturated carbocycles. The minimum atomic E-state index is -0.678. The molecule has 0 radical (unpaired) electrons. The molecule has 4 aliphatic rings. The SMILES string of the molecule is COC(=O)C1=CO[C@H](C)[C@@H]2CN3CC[C@@]4(C(=O)Nc5cc(OC)c(OC)cc54)[C@@H]3C[C@H]12. The van der Waals surface area contributed by atoms with Gasteiger partial charge in [-0.25, -0.2) is 4.79 Å². The average molecular weight is 428 g/mol. The molecule has 8 nitrogen and oxygen atoms in total. The van der Waals surface area contributed by atoms with Crippen LogP contribution < -0.4 is 14.8 Å². The number of carbonyl (C=O) groups excluding carboxylic acids is 2. The molecule has 1 aromatic carbocycles. The molecule has 8 heteroatoms. The van der Waals surface area contributed by atoms with Crippen LogP contribution in [-0.4, -0.2) is 63.3 Å². The van der Waals surface area contributed by atoms with E-state index in [0.29, 0.717) is 23.5 Å². The highest BCUT2D eigenvalue weighted by atomic mass is 16.5. The fourth-order valence-corrected chi connectivity index (χ4v) is 6.14. The molecule has 1 amide bonds. The Morgan fingerprint density at radius 1 is 1.23 bits per heavy atom. The Bertz CT molecular complexity index is 975. The quantitative estimate of drug-likeness (QED) is 0.738. The lowest BCUT2D eigenvalue weighted by Gasteiger charge is -2.48. The van der Waals surface area contributed by atoms with Crippen LogP contribution in [0.2, 0.25) is 0 Å². The standard InChI is InChI=1S/C23H28N2O6/c1-12-14-10-25-6-5-23(20(25)7-13(14)15(11-31-12)21(26)30-4)16-8-18(28-2)19(29-3)9-17(16)24-22(23)27/h8-9,11-14,20H,5-7,10H2,1-4H3,(H,24,27)/t12-,13+,14+,20+,23+/m1/s1. The number of benzene rings is 1. The Balaban J connectivity index is 1.57. The molecule has 31 heavy (non-hydrogen) atoms. The van der Waals surface area contributed by atoms with E-state index in [-0.39, 0.29) is 35.9 Å². The third kappa shape index (κ3) is 2.70. The van der Waals surface area contributed by atoms with Crippen LogP contribution in [0.25, 0.3) is 0 Å². The van der Waals surface area contributed by atoms with Crippen molar-refractivity contribution < 1.29 is 28.5 Å². The maximum atomic E-state index is 13.5. The van der Waals surface area contributed by atoms with E-state index in [4.69, 9.17) is 18.9 Å². The van der Waals surface area contributed by atoms with Crippen molar-refractivity contribution in [3.8, 4) is 11.5 Å². The van der Waals surface area contributed by atoms with Gasteiger partial charge in [-0.1, -0.05) is 0 Å². The molecule has 166 valence electrons. The molecule has 1 N–H and O–H groups in total. The second-order valence-corrected chi connectivity index (χ2v) is 8.85. The summed E-state index contributed by atoms with van der Waals surface area (Å²) >= 11 is 0. The fourth-order valence-electron chi connectivity index (χ4n) is 6.14. The van der Waals surface area contributed by atoms with E-state index < -0.39 is 5.41 Å². The molecule has 5 atom stereocenters. The lowest BCUT2D eigenvalue weighted by atomic mass is 9.66. The summed E-state index contributed by atoms with van der Waals surface area (Å²) in [5.41, 5.74) is 1.61. The predicted molar refractivity (Wildman–Crippen MR) is 112 cm³/mol. The topological polar surface area (TPSA) is 86.3 Å². The number of methoxy groups -OCH3 is 3. The predicted octanol–water partition coefficient (Wildman–Crippen LogP) is 2.08. The number of nitrogens with one attached hydrogen (secondary N) is 1. The number of esters is 1. The van der Waals surface area contributed by atoms with Gasteiger partial charge in [-0.05, 0) is 37.9 Å². The first-order valence-corrected chi connectivity index (χ1v) is 10.7. The summed E-state index contributed by atoms with van der Waals surface area (Å²) in [6.07, 6.45) is 2.98. The van der Waals surface area contributed by atoms with Crippen LogP contribution in [0.4, 0.5) is 5.69 Å². The Hall–Kier alpha value is -2.74. The van der Waals surface area contributed by atoms with Crippen molar-refractivity contribution in [1.29, 1.82) is 0 Å². The first kappa shape index (κ1) is 20.2. The molecule has 1 spiro atoms. The smallest absolute Gasteiger partial charge is 0.337 e. The van der Waals surface area contributed by atoms with Gasteiger partial charge in [-0.3, -0.25) is 9.69 Å². The van der Waals surface area contributed by atoms with Crippen molar-refractivity contribution in [2.24, 2.45) is 11.8 Å². The van der Waals surface area contributed by atoms with E-state index in [9.17, 15) is 9.59 Å². The molecule has 0 aliphatic carbocycles. The van der Waals surface area contributed by atoms with E-state index in [0.717, 1.165) is 30.8 Å². The lowest BCUT2D eigenvalue weighted by Crippen LogP contribution is -2.56. The molecule has 4 heterocycles. The van der Waals surface area contributed by atoms with Gasteiger partial charge >= 0.3 is 5.97 Å². The number of nitrogens with zero attached hydrogens (tertiary/aromatic N) is 1. The van der Waals surface area contributed by atoms with Crippen molar-refractivity contribution in [1.82, 2.24) is 4.90 Å². The van der Waals surface area contributed by atoms with E-state index in [1.807, 2.05) is 19.1 Å². The van der Waals surface area contributed by atoms with Crippen molar-refractivity contribution >= 4 is 17.6 Å². The van der Waals surface area contributed by atoms with Crippen molar-refractivity contribution in [2.75, 3.05) is 39.7 Å². The molecule has 0 aromatic heterocycles. The van der Waals surface area contributed by atoms with Crippen LogP contribution in [0.5, 0.6) is 11.5 Å². The summed E-state index contributed by atoms with van der Waals surface area (Å²) in [4.78, 5) is 28.3. The minimum absolute atomic E-state index is 0.00459. The van der Waals surface area contributed by atoms with E-state index in [1.165, 1.54) is 7.11 Å². The lowest BCUT2D eigenvalue weighted by molar-refractivity contribution is -0.139. The Labute approximate surface area is 181 Å². The van der Waals surface area contributed by atoms with Gasteiger partial charge in [0, 0.05) is 36.2 Å². The molecule has 2 saturated heterocycles. The monoisotopic (exact) mass is 428 g/mol. The Morgan fingerprint density at radius 2 is 1.97 bits per heavy atom. The Kier molecular flexibility index (Phi) is 4.66. The number of hydrogen-bond acceptors (Lipinski definition) is 7. The summed E-state index contributed by atoms with van der Waals surface area (Å²) in [5.74, 6) is 1.02. The highest BCUT2D eigenvalue weighted by molar-refractivity contribution is 6.07. The highest BCUT2D eigenvalue weighted by Crippen LogP contribution is 2.55. The first-order valence-electron chi connectivity index (χ1n) is 10.7. The zero-order chi connectivity index (χ0) is 21.9. The fraction of sp³-hybridized carbons (Fsp3) is 0.565. The van der Waals surface area contributed by atoms with Gasteiger partial charge in [0.1, 0.15) is 0 Å². The summed E-state index contributed by atoms with van der Waals surface area (Å²) in [6, 6.07) is 3.75. The third-order valence-corrected chi connectivity index (χ3v) is 7.73. The molecule has 0 bridgehead atoms. The van der Waals surface area contributed by atoms with Crippen molar-refractivity contribution in [3.63, 3.8) is 0 Å². The number of carbonyl (C=O) groups is 2. The molecule has 5 rings (SSSR count). The maximum absolute atomic E-state index is 13.5. The average Bonchev–Trinajstić information content (AvgIpc) is 3.29. The van der Waals surface area contributed by atoms with E-state index in [1.54, 1.807) is 20.5 Å². The number of ether oxygens (including phenoxy) is 4. The number of amides is 1. The second kappa shape index (κ2) is 7.15. The molecular weight excluding hydrogens is 400 g/mol. The summed E-state index contributed by atoms with van der Waals surface area (Å²) in [6.45, 7) is 3.64. The second-order valence-electron chi connectivity index (χ2n) is 8.85. The van der Waals surface area contributed by atoms with Crippen LogP contribution in [0.15, 0.2) is 24.0 Å². The van der Waals surface area contributed by atoms with E-state index >= 15 is 0 Å². The highest BCUT2D eigenvalue weighted by Gasteiger charge is 2.61. The zero-order valence-corrected chi connectivity index (χ0v) is 18.3. The van der Waals surface area contributed by atoms with Crippen LogP contribution in [0.3, 0.4) is 0 Å². The van der Waals surface area contributed by atoms with Crippen LogP contribution in [-0.2, 0) is 24.5 Å². The van der Waals surface area contributed by atoms with Gasteiger partial charge in [0.05, 0.1) is 44.7 Å². The van der Waals surface area contributed by atoms with Gasteiger partial charge in [-0.2, -0.15) is 0 Å². The number of hydrogen-bond donors (Lipinski definition) is 1. The number of fused-ring (bicyclic) bond motifs is 5. The van der Waals surface area contributed by atoms with Gasteiger partial charge in [0.2, 0.25) is 5.91 Å². The molecular formula is C23H28N2O6. The normalized spacial score (nSPS) is 33.5. The molecule has 2 fully saturated rings. The van der Waals surface area contributed by atoms with Gasteiger partial charge in [-0.15, -0.1) is 0 Å². The van der Waals surface area contributed by atoms with Crippen LogP contribution in [0, 0.1) is 11.8 Å². The minimum Gasteiger partial charge on any atom is -0.497 e. The van der Waals surface area contributed by atoms with Crippen LogP contribution >= 0.6 is 0 Å². The molecule has 1 aromatic rings. The molecule has 4 aliphatic heterocycles. The number of rotatable bonds is 3. The molecule has 0 unspecified atom stereocenters. The summed E-state index contributed by atoms with van der Waals surface area (Å²) in [5, 5.41) is 3.08. The largest absolute Gasteiger partial charge is 0.497 e. The number of piperidine rings is 1. The van der Waals surface area contributed by atoms with Crippen molar-refractivity contribution in [3.05, 3.63) is 29.5 Å². The van der Waals surface area contributed by atoms with Crippen molar-refractivity contribution in [2.45, 2.75) is 37.3 Å². The third-order valence-electron chi connectivity index (χ3n) is 7.73. The summed E-state index contributed by atoms with van der Waals surface area (Å²) in [7, 11) is 4.58.